The van der Waals surface area contributed by atoms with Gasteiger partial charge in [-0.3, -0.25) is 0 Å². The Kier molecular flexibility index (Phi) is 3.56. The molecule has 1 atom stereocenters. The highest BCUT2D eigenvalue weighted by atomic mass is 16.5. The predicted molar refractivity (Wildman–Crippen MR) is 88.3 cm³/mol. The summed E-state index contributed by atoms with van der Waals surface area (Å²) in [6, 6.07) is 17.2. The number of ether oxygens (including phenoxy) is 1. The molecule has 1 unspecified atom stereocenters. The SMILES string of the molecule is CC1(N)NC=NC(N)=C1c1ccc(Oc2ccccc2)cc1. The monoisotopic (exact) mass is 294 g/mol. The van der Waals surface area contributed by atoms with Gasteiger partial charge in [0, 0.05) is 5.57 Å². The molecule has 5 N–H and O–H groups in total. The van der Waals surface area contributed by atoms with Gasteiger partial charge in [-0.15, -0.1) is 0 Å². The fourth-order valence-electron chi connectivity index (χ4n) is 2.40. The van der Waals surface area contributed by atoms with Gasteiger partial charge in [0.05, 0.1) is 6.34 Å². The first-order chi connectivity index (χ1) is 10.6. The Labute approximate surface area is 129 Å². The molecule has 5 nitrogen and oxygen atoms in total. The van der Waals surface area contributed by atoms with Crippen LogP contribution in [0.3, 0.4) is 0 Å². The van der Waals surface area contributed by atoms with Crippen LogP contribution in [0.15, 0.2) is 65.4 Å². The molecule has 0 saturated carbocycles. The van der Waals surface area contributed by atoms with Crippen molar-refractivity contribution < 1.29 is 4.74 Å². The molecule has 0 aromatic heterocycles. The molecule has 0 saturated heterocycles. The van der Waals surface area contributed by atoms with Gasteiger partial charge in [0.15, 0.2) is 0 Å². The topological polar surface area (TPSA) is 85.7 Å². The maximum Gasteiger partial charge on any atom is 0.132 e. The van der Waals surface area contributed by atoms with Crippen LogP contribution in [-0.2, 0) is 0 Å². The van der Waals surface area contributed by atoms with Crippen LogP contribution in [0.4, 0.5) is 0 Å². The first kappa shape index (κ1) is 14.2. The summed E-state index contributed by atoms with van der Waals surface area (Å²) in [5.41, 5.74) is 13.1. The third kappa shape index (κ3) is 2.80. The first-order valence-electron chi connectivity index (χ1n) is 6.99. The van der Waals surface area contributed by atoms with Crippen molar-refractivity contribution in [2.75, 3.05) is 0 Å². The highest BCUT2D eigenvalue weighted by Gasteiger charge is 2.29. The van der Waals surface area contributed by atoms with Crippen molar-refractivity contribution in [3.63, 3.8) is 0 Å². The summed E-state index contributed by atoms with van der Waals surface area (Å²) in [6.45, 7) is 1.86. The lowest BCUT2D eigenvalue weighted by Gasteiger charge is -2.31. The van der Waals surface area contributed by atoms with Crippen LogP contribution in [0.5, 0.6) is 11.5 Å². The molecule has 2 aromatic rings. The average Bonchev–Trinajstić information content (AvgIpc) is 2.49. The molecule has 0 spiro atoms. The summed E-state index contributed by atoms with van der Waals surface area (Å²) in [7, 11) is 0. The maximum atomic E-state index is 6.23. The molecule has 0 aliphatic carbocycles. The van der Waals surface area contributed by atoms with Crippen molar-refractivity contribution in [3.05, 3.63) is 66.0 Å². The Morgan fingerprint density at radius 3 is 2.27 bits per heavy atom. The van der Waals surface area contributed by atoms with Crippen LogP contribution in [-0.4, -0.2) is 12.0 Å². The van der Waals surface area contributed by atoms with E-state index in [2.05, 4.69) is 10.3 Å². The maximum absolute atomic E-state index is 6.23. The average molecular weight is 294 g/mol. The molecule has 112 valence electrons. The lowest BCUT2D eigenvalue weighted by atomic mass is 9.93. The van der Waals surface area contributed by atoms with Crippen LogP contribution in [0.25, 0.3) is 5.57 Å². The number of para-hydroxylation sites is 1. The van der Waals surface area contributed by atoms with Crippen molar-refractivity contribution in [2.45, 2.75) is 12.6 Å². The number of rotatable bonds is 3. The third-order valence-electron chi connectivity index (χ3n) is 3.47. The number of nitrogens with one attached hydrogen (secondary N) is 1. The van der Waals surface area contributed by atoms with Gasteiger partial charge in [-0.2, -0.15) is 0 Å². The summed E-state index contributed by atoms with van der Waals surface area (Å²) >= 11 is 0. The minimum Gasteiger partial charge on any atom is -0.457 e. The van der Waals surface area contributed by atoms with E-state index in [4.69, 9.17) is 16.2 Å². The van der Waals surface area contributed by atoms with E-state index in [9.17, 15) is 0 Å². The van der Waals surface area contributed by atoms with E-state index in [0.717, 1.165) is 22.6 Å². The number of hydrogen-bond donors (Lipinski definition) is 3. The summed E-state index contributed by atoms with van der Waals surface area (Å²) in [5.74, 6) is 1.96. The molecule has 22 heavy (non-hydrogen) atoms. The molecule has 1 aliphatic heterocycles. The van der Waals surface area contributed by atoms with Crippen LogP contribution >= 0.6 is 0 Å². The van der Waals surface area contributed by atoms with Crippen LogP contribution in [0.2, 0.25) is 0 Å². The van der Waals surface area contributed by atoms with Gasteiger partial charge in [-0.25, -0.2) is 4.99 Å². The van der Waals surface area contributed by atoms with Crippen molar-refractivity contribution in [1.82, 2.24) is 5.32 Å². The van der Waals surface area contributed by atoms with Gasteiger partial charge >= 0.3 is 0 Å². The summed E-state index contributed by atoms with van der Waals surface area (Å²) in [6.07, 6.45) is 1.52. The highest BCUT2D eigenvalue weighted by Crippen LogP contribution is 2.30. The van der Waals surface area contributed by atoms with E-state index in [1.165, 1.54) is 6.34 Å². The molecule has 0 amide bonds. The van der Waals surface area contributed by atoms with Crippen molar-refractivity contribution in [3.8, 4) is 11.5 Å². The smallest absolute Gasteiger partial charge is 0.132 e. The molecule has 0 bridgehead atoms. The van der Waals surface area contributed by atoms with Gasteiger partial charge < -0.3 is 21.5 Å². The third-order valence-corrected chi connectivity index (χ3v) is 3.47. The summed E-state index contributed by atoms with van der Waals surface area (Å²) in [5, 5.41) is 3.01. The fraction of sp³-hybridized carbons (Fsp3) is 0.118. The number of aliphatic imine (C=N–C) groups is 1. The fourth-order valence-corrected chi connectivity index (χ4v) is 2.40. The number of nitrogens with two attached hydrogens (primary N) is 2. The minimum absolute atomic E-state index is 0.417. The summed E-state index contributed by atoms with van der Waals surface area (Å²) < 4.78 is 5.78. The second kappa shape index (κ2) is 5.54. The van der Waals surface area contributed by atoms with Crippen molar-refractivity contribution in [1.29, 1.82) is 0 Å². The second-order valence-electron chi connectivity index (χ2n) is 5.30. The van der Waals surface area contributed by atoms with Gasteiger partial charge in [-0.05, 0) is 36.8 Å². The molecular weight excluding hydrogens is 276 g/mol. The Hall–Kier alpha value is -2.79. The Bertz CT molecular complexity index is 718. The van der Waals surface area contributed by atoms with E-state index >= 15 is 0 Å². The van der Waals surface area contributed by atoms with E-state index in [0.29, 0.717) is 5.82 Å². The predicted octanol–water partition coefficient (Wildman–Crippen LogP) is 2.41. The number of hydrogen-bond acceptors (Lipinski definition) is 5. The van der Waals surface area contributed by atoms with Crippen LogP contribution < -0.4 is 21.5 Å². The molecule has 1 aliphatic rings. The minimum atomic E-state index is -0.756. The van der Waals surface area contributed by atoms with Gasteiger partial charge in [-0.1, -0.05) is 30.3 Å². The number of benzene rings is 2. The Morgan fingerprint density at radius 1 is 1.00 bits per heavy atom. The molecule has 0 fully saturated rings. The van der Waals surface area contributed by atoms with E-state index in [1.807, 2.05) is 61.5 Å². The largest absolute Gasteiger partial charge is 0.457 e. The molecule has 0 radical (unpaired) electrons. The molecule has 1 heterocycles. The van der Waals surface area contributed by atoms with Gasteiger partial charge in [0.25, 0.3) is 0 Å². The zero-order valence-corrected chi connectivity index (χ0v) is 12.3. The standard InChI is InChI=1S/C17H18N4O/c1-17(19)15(16(18)20-11-21-17)12-7-9-14(10-8-12)22-13-5-3-2-4-6-13/h2-11H,18-19H2,1H3,(H,20,21). The van der Waals surface area contributed by atoms with Gasteiger partial charge in [0.2, 0.25) is 0 Å². The zero-order valence-electron chi connectivity index (χ0n) is 12.3. The van der Waals surface area contributed by atoms with Crippen molar-refractivity contribution in [2.24, 2.45) is 16.5 Å². The first-order valence-corrected chi connectivity index (χ1v) is 6.99. The lowest BCUT2D eigenvalue weighted by molar-refractivity contribution is 0.482. The Balaban J connectivity index is 1.87. The zero-order chi connectivity index (χ0) is 15.6. The summed E-state index contributed by atoms with van der Waals surface area (Å²) in [4.78, 5) is 4.08. The highest BCUT2D eigenvalue weighted by molar-refractivity contribution is 5.81. The van der Waals surface area contributed by atoms with E-state index < -0.39 is 5.66 Å². The van der Waals surface area contributed by atoms with Crippen LogP contribution in [0, 0.1) is 0 Å². The molecular formula is C17H18N4O. The Morgan fingerprint density at radius 2 is 1.64 bits per heavy atom. The van der Waals surface area contributed by atoms with Crippen LogP contribution in [0.1, 0.15) is 12.5 Å². The normalized spacial score (nSPS) is 20.6. The van der Waals surface area contributed by atoms with E-state index in [1.54, 1.807) is 0 Å². The molecule has 2 aromatic carbocycles. The number of nitrogens with zero attached hydrogens (tertiary/aromatic N) is 1. The molecule has 3 rings (SSSR count). The quantitative estimate of drug-likeness (QED) is 0.811. The van der Waals surface area contributed by atoms with Gasteiger partial charge in [0.1, 0.15) is 23.0 Å². The van der Waals surface area contributed by atoms with Crippen molar-refractivity contribution >= 4 is 11.9 Å². The lowest BCUT2D eigenvalue weighted by Crippen LogP contribution is -2.53. The molecule has 5 heteroatoms. The second-order valence-corrected chi connectivity index (χ2v) is 5.30. The van der Waals surface area contributed by atoms with E-state index in [-0.39, 0.29) is 0 Å².